The SMILES string of the molecule is CCC[C@@H]1CCc2c(sc(NC(=O)[C@H]3[C@@H]4CC[C@H](C4)[C@@H]3C(=O)O)c2C(N)=O)C1. The lowest BCUT2D eigenvalue weighted by atomic mass is 9.78. The molecular formula is C21H28N2O4S. The number of carbonyl (C=O) groups excluding carboxylic acids is 2. The summed E-state index contributed by atoms with van der Waals surface area (Å²) < 4.78 is 0. The van der Waals surface area contributed by atoms with Crippen LogP contribution in [0.15, 0.2) is 0 Å². The van der Waals surface area contributed by atoms with Crippen LogP contribution >= 0.6 is 11.3 Å². The van der Waals surface area contributed by atoms with Crippen molar-refractivity contribution >= 4 is 34.1 Å². The minimum atomic E-state index is -0.879. The van der Waals surface area contributed by atoms with Gasteiger partial charge in [-0.3, -0.25) is 14.4 Å². The largest absolute Gasteiger partial charge is 0.481 e. The van der Waals surface area contributed by atoms with E-state index >= 15 is 0 Å². The van der Waals surface area contributed by atoms with Gasteiger partial charge in [-0.05, 0) is 61.8 Å². The van der Waals surface area contributed by atoms with Crippen LogP contribution < -0.4 is 11.1 Å². The standard InChI is InChI=1S/C21H28N2O4S/c1-2-3-10-4-7-13-14(8-10)28-20(17(13)18(22)24)23-19(25)15-11-5-6-12(9-11)16(15)21(26)27/h10-12,15-16H,2-9H2,1H3,(H2,22,24)(H,23,25)(H,26,27)/t10-,11-,12-,15+,16+/m1/s1. The van der Waals surface area contributed by atoms with Gasteiger partial charge in [0.15, 0.2) is 0 Å². The number of carboxylic acid groups (broad SMARTS) is 1. The fourth-order valence-electron chi connectivity index (χ4n) is 5.88. The molecule has 0 aromatic carbocycles. The number of carboxylic acids is 1. The average molecular weight is 405 g/mol. The second kappa shape index (κ2) is 7.50. The monoisotopic (exact) mass is 404 g/mol. The molecule has 1 aromatic rings. The maximum Gasteiger partial charge on any atom is 0.307 e. The van der Waals surface area contributed by atoms with E-state index in [0.717, 1.165) is 61.8 Å². The second-order valence-electron chi connectivity index (χ2n) is 8.68. The molecule has 0 radical (unpaired) electrons. The first-order valence-corrected chi connectivity index (χ1v) is 11.2. The molecule has 6 nitrogen and oxygen atoms in total. The summed E-state index contributed by atoms with van der Waals surface area (Å²) in [6.45, 7) is 2.18. The Balaban J connectivity index is 1.59. The number of rotatable bonds is 6. The van der Waals surface area contributed by atoms with Gasteiger partial charge in [0.1, 0.15) is 5.00 Å². The van der Waals surface area contributed by atoms with Crippen LogP contribution in [-0.4, -0.2) is 22.9 Å². The van der Waals surface area contributed by atoms with Crippen LogP contribution in [0.3, 0.4) is 0 Å². The van der Waals surface area contributed by atoms with Crippen molar-refractivity contribution in [2.45, 2.75) is 58.3 Å². The van der Waals surface area contributed by atoms with Gasteiger partial charge < -0.3 is 16.2 Å². The Morgan fingerprint density at radius 3 is 2.54 bits per heavy atom. The molecule has 2 fully saturated rings. The van der Waals surface area contributed by atoms with Crippen molar-refractivity contribution in [2.75, 3.05) is 5.32 Å². The first-order valence-electron chi connectivity index (χ1n) is 10.4. The Hall–Kier alpha value is -1.89. The maximum atomic E-state index is 13.1. The van der Waals surface area contributed by atoms with Crippen LogP contribution in [0.25, 0.3) is 0 Å². The number of amides is 2. The molecule has 0 saturated heterocycles. The fraction of sp³-hybridized carbons (Fsp3) is 0.667. The molecule has 1 heterocycles. The predicted molar refractivity (Wildman–Crippen MR) is 107 cm³/mol. The summed E-state index contributed by atoms with van der Waals surface area (Å²) in [5, 5.41) is 13.1. The zero-order chi connectivity index (χ0) is 20.0. The van der Waals surface area contributed by atoms with Gasteiger partial charge >= 0.3 is 5.97 Å². The van der Waals surface area contributed by atoms with Crippen molar-refractivity contribution in [3.05, 3.63) is 16.0 Å². The lowest BCUT2D eigenvalue weighted by Crippen LogP contribution is -2.38. The van der Waals surface area contributed by atoms with Crippen LogP contribution in [0.1, 0.15) is 66.2 Å². The normalized spacial score (nSPS) is 30.8. The third-order valence-corrected chi connectivity index (χ3v) is 8.22. The van der Waals surface area contributed by atoms with E-state index in [4.69, 9.17) is 5.73 Å². The Morgan fingerprint density at radius 2 is 1.89 bits per heavy atom. The summed E-state index contributed by atoms with van der Waals surface area (Å²) in [6, 6.07) is 0. The van der Waals surface area contributed by atoms with Crippen LogP contribution in [-0.2, 0) is 22.4 Å². The molecule has 2 amide bonds. The summed E-state index contributed by atoms with van der Waals surface area (Å²) in [5.41, 5.74) is 7.10. The van der Waals surface area contributed by atoms with E-state index in [-0.39, 0.29) is 17.7 Å². The number of thiophene rings is 1. The number of primary amides is 1. The van der Waals surface area contributed by atoms with Crippen molar-refractivity contribution in [3.63, 3.8) is 0 Å². The molecule has 152 valence electrons. The van der Waals surface area contributed by atoms with Gasteiger partial charge in [-0.15, -0.1) is 11.3 Å². The summed E-state index contributed by atoms with van der Waals surface area (Å²) in [6.07, 6.45) is 7.70. The first-order chi connectivity index (χ1) is 13.4. The van der Waals surface area contributed by atoms with E-state index in [1.165, 1.54) is 11.3 Å². The van der Waals surface area contributed by atoms with Crippen LogP contribution in [0.5, 0.6) is 0 Å². The average Bonchev–Trinajstić information content (AvgIpc) is 3.33. The van der Waals surface area contributed by atoms with Crippen LogP contribution in [0, 0.1) is 29.6 Å². The molecule has 0 aliphatic heterocycles. The van der Waals surface area contributed by atoms with Gasteiger partial charge in [0.05, 0.1) is 17.4 Å². The summed E-state index contributed by atoms with van der Waals surface area (Å²) in [7, 11) is 0. The topological polar surface area (TPSA) is 109 Å². The van der Waals surface area contributed by atoms with Gasteiger partial charge in [-0.2, -0.15) is 0 Å². The van der Waals surface area contributed by atoms with Crippen molar-refractivity contribution in [1.82, 2.24) is 0 Å². The number of nitrogens with one attached hydrogen (secondary N) is 1. The Kier molecular flexibility index (Phi) is 5.21. The highest BCUT2D eigenvalue weighted by molar-refractivity contribution is 7.17. The Labute approximate surface area is 168 Å². The summed E-state index contributed by atoms with van der Waals surface area (Å²) >= 11 is 1.46. The minimum absolute atomic E-state index is 0.0974. The number of nitrogens with two attached hydrogens (primary N) is 1. The molecule has 28 heavy (non-hydrogen) atoms. The molecule has 0 unspecified atom stereocenters. The molecule has 3 aliphatic carbocycles. The number of hydrogen-bond donors (Lipinski definition) is 3. The minimum Gasteiger partial charge on any atom is -0.481 e. The van der Waals surface area contributed by atoms with Crippen molar-refractivity contribution < 1.29 is 19.5 Å². The van der Waals surface area contributed by atoms with Gasteiger partial charge in [0.25, 0.3) is 5.91 Å². The second-order valence-corrected chi connectivity index (χ2v) is 9.79. The lowest BCUT2D eigenvalue weighted by Gasteiger charge is -2.26. The van der Waals surface area contributed by atoms with E-state index < -0.39 is 23.7 Å². The number of anilines is 1. The molecule has 4 rings (SSSR count). The highest BCUT2D eigenvalue weighted by Gasteiger charge is 2.54. The van der Waals surface area contributed by atoms with Crippen molar-refractivity contribution in [2.24, 2.45) is 35.3 Å². The molecule has 0 spiro atoms. The molecule has 2 saturated carbocycles. The molecule has 4 N–H and O–H groups in total. The summed E-state index contributed by atoms with van der Waals surface area (Å²) in [4.78, 5) is 38.1. The van der Waals surface area contributed by atoms with E-state index in [2.05, 4.69) is 12.2 Å². The quantitative estimate of drug-likeness (QED) is 0.674. The van der Waals surface area contributed by atoms with Gasteiger partial charge in [0.2, 0.25) is 5.91 Å². The number of aliphatic carboxylic acids is 1. The van der Waals surface area contributed by atoms with Gasteiger partial charge in [0, 0.05) is 4.88 Å². The third-order valence-electron chi connectivity index (χ3n) is 7.05. The summed E-state index contributed by atoms with van der Waals surface area (Å²) in [5.74, 6) is -1.93. The molecule has 1 aromatic heterocycles. The highest BCUT2D eigenvalue weighted by Crippen LogP contribution is 2.53. The smallest absolute Gasteiger partial charge is 0.307 e. The highest BCUT2D eigenvalue weighted by atomic mass is 32.1. The number of fused-ring (bicyclic) bond motifs is 3. The number of carbonyl (C=O) groups is 3. The lowest BCUT2D eigenvalue weighted by molar-refractivity contribution is -0.148. The first kappa shape index (κ1) is 19.4. The Morgan fingerprint density at radius 1 is 1.18 bits per heavy atom. The van der Waals surface area contributed by atoms with E-state index in [9.17, 15) is 19.5 Å². The molecule has 7 heteroatoms. The van der Waals surface area contributed by atoms with Crippen molar-refractivity contribution in [1.29, 1.82) is 0 Å². The molecule has 2 bridgehead atoms. The van der Waals surface area contributed by atoms with E-state index in [0.29, 0.717) is 16.5 Å². The molecule has 5 atom stereocenters. The number of hydrogen-bond acceptors (Lipinski definition) is 4. The fourth-order valence-corrected chi connectivity index (χ4v) is 7.25. The zero-order valence-corrected chi connectivity index (χ0v) is 17.0. The van der Waals surface area contributed by atoms with Crippen LogP contribution in [0.4, 0.5) is 5.00 Å². The molecule has 3 aliphatic rings. The van der Waals surface area contributed by atoms with Gasteiger partial charge in [-0.1, -0.05) is 19.8 Å². The predicted octanol–water partition coefficient (Wildman–Crippen LogP) is 3.44. The van der Waals surface area contributed by atoms with E-state index in [1.54, 1.807) is 0 Å². The van der Waals surface area contributed by atoms with Crippen molar-refractivity contribution in [3.8, 4) is 0 Å². The molecular weight excluding hydrogens is 376 g/mol. The third kappa shape index (κ3) is 3.23. The Bertz CT molecular complexity index is 818. The van der Waals surface area contributed by atoms with Gasteiger partial charge in [-0.25, -0.2) is 0 Å². The zero-order valence-electron chi connectivity index (χ0n) is 16.2. The van der Waals surface area contributed by atoms with Crippen LogP contribution in [0.2, 0.25) is 0 Å². The maximum absolute atomic E-state index is 13.1. The van der Waals surface area contributed by atoms with E-state index in [1.807, 2.05) is 0 Å².